The fraction of sp³-hybridized carbons (Fsp3) is 0.429. The van der Waals surface area contributed by atoms with Gasteiger partial charge in [-0.15, -0.1) is 12.3 Å². The zero-order chi connectivity index (χ0) is 11.4. The van der Waals surface area contributed by atoms with Gasteiger partial charge >= 0.3 is 0 Å². The summed E-state index contributed by atoms with van der Waals surface area (Å²) >= 11 is 0. The van der Waals surface area contributed by atoms with Crippen molar-refractivity contribution in [3.8, 4) is 12.3 Å². The third kappa shape index (κ3) is 2.84. The molecule has 1 aliphatic carbocycles. The molecule has 0 bridgehead atoms. The molecule has 0 amide bonds. The zero-order valence-electron chi connectivity index (χ0n) is 9.25. The summed E-state index contributed by atoms with van der Waals surface area (Å²) in [7, 11) is 0. The first-order valence-corrected chi connectivity index (χ1v) is 5.73. The largest absolute Gasteiger partial charge is 0.309 e. The summed E-state index contributed by atoms with van der Waals surface area (Å²) in [6.45, 7) is 0.828. The summed E-state index contributed by atoms with van der Waals surface area (Å²) in [5, 5.41) is 3.45. The van der Waals surface area contributed by atoms with E-state index in [2.05, 4.69) is 11.2 Å². The number of benzene rings is 1. The van der Waals surface area contributed by atoms with Crippen LogP contribution in [0, 0.1) is 24.1 Å². The van der Waals surface area contributed by atoms with Crippen molar-refractivity contribution >= 4 is 0 Å². The van der Waals surface area contributed by atoms with Gasteiger partial charge in [0.05, 0.1) is 0 Å². The van der Waals surface area contributed by atoms with E-state index >= 15 is 0 Å². The molecule has 1 aromatic carbocycles. The molecule has 1 unspecified atom stereocenters. The molecule has 0 saturated heterocycles. The van der Waals surface area contributed by atoms with Crippen LogP contribution in [-0.4, -0.2) is 6.54 Å². The van der Waals surface area contributed by atoms with E-state index in [1.807, 2.05) is 12.1 Å². The molecule has 0 aromatic heterocycles. The Kier molecular flexibility index (Phi) is 3.58. The van der Waals surface area contributed by atoms with Gasteiger partial charge in [0.25, 0.3) is 0 Å². The van der Waals surface area contributed by atoms with Gasteiger partial charge in [0, 0.05) is 19.0 Å². The van der Waals surface area contributed by atoms with Gasteiger partial charge in [0.2, 0.25) is 0 Å². The van der Waals surface area contributed by atoms with Gasteiger partial charge in [-0.3, -0.25) is 0 Å². The van der Waals surface area contributed by atoms with Crippen molar-refractivity contribution in [1.82, 2.24) is 5.32 Å². The Morgan fingerprint density at radius 2 is 2.06 bits per heavy atom. The first-order chi connectivity index (χ1) is 7.81. The summed E-state index contributed by atoms with van der Waals surface area (Å²) in [6, 6.07) is 7.11. The Balaban J connectivity index is 2.01. The lowest BCUT2D eigenvalue weighted by Gasteiger charge is -2.18. The lowest BCUT2D eigenvalue weighted by atomic mass is 10.0. The number of nitrogens with one attached hydrogen (secondary N) is 1. The highest BCUT2D eigenvalue weighted by molar-refractivity contribution is 5.22. The lowest BCUT2D eigenvalue weighted by Crippen LogP contribution is -2.23. The van der Waals surface area contributed by atoms with Crippen LogP contribution in [0.1, 0.15) is 30.9 Å². The van der Waals surface area contributed by atoms with E-state index in [-0.39, 0.29) is 5.82 Å². The molecule has 2 rings (SSSR count). The molecule has 1 aliphatic rings. The van der Waals surface area contributed by atoms with Gasteiger partial charge in [0.1, 0.15) is 5.82 Å². The van der Waals surface area contributed by atoms with Crippen molar-refractivity contribution in [2.45, 2.75) is 25.3 Å². The normalized spacial score (nSPS) is 16.8. The zero-order valence-corrected chi connectivity index (χ0v) is 9.25. The molecule has 1 nitrogen and oxygen atoms in total. The van der Waals surface area contributed by atoms with Crippen LogP contribution < -0.4 is 5.32 Å². The highest BCUT2D eigenvalue weighted by atomic mass is 19.1. The smallest absolute Gasteiger partial charge is 0.123 e. The van der Waals surface area contributed by atoms with Crippen LogP contribution in [0.5, 0.6) is 0 Å². The van der Waals surface area contributed by atoms with E-state index < -0.39 is 0 Å². The van der Waals surface area contributed by atoms with Crippen LogP contribution in [0.15, 0.2) is 24.3 Å². The summed E-state index contributed by atoms with van der Waals surface area (Å²) in [6.07, 6.45) is 8.48. The van der Waals surface area contributed by atoms with E-state index in [1.54, 1.807) is 0 Å². The molecule has 16 heavy (non-hydrogen) atoms. The Morgan fingerprint density at radius 1 is 1.38 bits per heavy atom. The average molecular weight is 217 g/mol. The molecule has 1 N–H and O–H groups in total. The molecular formula is C14H16FN. The predicted molar refractivity (Wildman–Crippen MR) is 63.3 cm³/mol. The number of hydrogen-bond acceptors (Lipinski definition) is 1. The van der Waals surface area contributed by atoms with E-state index in [9.17, 15) is 4.39 Å². The van der Waals surface area contributed by atoms with Crippen molar-refractivity contribution in [3.05, 3.63) is 35.6 Å². The minimum absolute atomic E-state index is 0.179. The molecule has 0 aliphatic heterocycles. The maximum absolute atomic E-state index is 12.8. The first kappa shape index (κ1) is 11.2. The van der Waals surface area contributed by atoms with Crippen LogP contribution in [0.4, 0.5) is 4.39 Å². The maximum Gasteiger partial charge on any atom is 0.123 e. The summed E-state index contributed by atoms with van der Waals surface area (Å²) in [5.74, 6) is 3.14. The standard InChI is InChI=1S/C14H16FN/c1-2-3-10-16-14(11-4-5-11)12-6-8-13(15)9-7-12/h1,6-9,11,14,16H,3-5,10H2. The average Bonchev–Trinajstić information content (AvgIpc) is 3.10. The number of hydrogen-bond donors (Lipinski definition) is 1. The van der Waals surface area contributed by atoms with Gasteiger partial charge in [-0.1, -0.05) is 12.1 Å². The summed E-state index contributed by atoms with van der Waals surface area (Å²) < 4.78 is 12.8. The highest BCUT2D eigenvalue weighted by Gasteiger charge is 2.31. The Hall–Kier alpha value is -1.33. The molecule has 1 atom stereocenters. The quantitative estimate of drug-likeness (QED) is 0.590. The molecule has 1 aromatic rings. The van der Waals surface area contributed by atoms with Gasteiger partial charge in [-0.25, -0.2) is 4.39 Å². The predicted octanol–water partition coefficient (Wildman–Crippen LogP) is 2.89. The Bertz CT molecular complexity index is 373. The van der Waals surface area contributed by atoms with Crippen LogP contribution in [0.3, 0.4) is 0 Å². The second-order valence-electron chi connectivity index (χ2n) is 4.27. The second-order valence-corrected chi connectivity index (χ2v) is 4.27. The van der Waals surface area contributed by atoms with E-state index in [4.69, 9.17) is 6.42 Å². The highest BCUT2D eigenvalue weighted by Crippen LogP contribution is 2.40. The summed E-state index contributed by atoms with van der Waals surface area (Å²) in [4.78, 5) is 0. The van der Waals surface area contributed by atoms with Crippen molar-refractivity contribution in [3.63, 3.8) is 0 Å². The lowest BCUT2D eigenvalue weighted by molar-refractivity contribution is 0.487. The SMILES string of the molecule is C#CCCNC(c1ccc(F)cc1)C1CC1. The van der Waals surface area contributed by atoms with Crippen molar-refractivity contribution in [1.29, 1.82) is 0 Å². The van der Waals surface area contributed by atoms with Crippen LogP contribution >= 0.6 is 0 Å². The summed E-state index contributed by atoms with van der Waals surface area (Å²) in [5.41, 5.74) is 1.17. The molecule has 84 valence electrons. The van der Waals surface area contributed by atoms with Gasteiger partial charge in [-0.2, -0.15) is 0 Å². The van der Waals surface area contributed by atoms with Crippen molar-refractivity contribution in [2.24, 2.45) is 5.92 Å². The fourth-order valence-corrected chi connectivity index (χ4v) is 1.96. The second kappa shape index (κ2) is 5.14. The molecule has 0 spiro atoms. The van der Waals surface area contributed by atoms with Crippen LogP contribution in [-0.2, 0) is 0 Å². The third-order valence-corrected chi connectivity index (χ3v) is 2.96. The minimum atomic E-state index is -0.179. The minimum Gasteiger partial charge on any atom is -0.309 e. The fourth-order valence-electron chi connectivity index (χ4n) is 1.96. The number of rotatable bonds is 5. The molecule has 0 heterocycles. The van der Waals surface area contributed by atoms with E-state index in [1.165, 1.54) is 30.5 Å². The number of terminal acetylenes is 1. The Morgan fingerprint density at radius 3 is 2.62 bits per heavy atom. The monoisotopic (exact) mass is 217 g/mol. The molecule has 2 heteroatoms. The molecule has 0 radical (unpaired) electrons. The van der Waals surface area contributed by atoms with Gasteiger partial charge in [0.15, 0.2) is 0 Å². The van der Waals surface area contributed by atoms with Gasteiger partial charge < -0.3 is 5.32 Å². The molecule has 1 fully saturated rings. The van der Waals surface area contributed by atoms with Gasteiger partial charge in [-0.05, 0) is 36.5 Å². The van der Waals surface area contributed by atoms with E-state index in [0.717, 1.165) is 13.0 Å². The van der Waals surface area contributed by atoms with Crippen molar-refractivity contribution in [2.75, 3.05) is 6.54 Å². The molecule has 1 saturated carbocycles. The van der Waals surface area contributed by atoms with Crippen LogP contribution in [0.25, 0.3) is 0 Å². The van der Waals surface area contributed by atoms with Crippen molar-refractivity contribution < 1.29 is 4.39 Å². The number of halogens is 1. The van der Waals surface area contributed by atoms with Crippen LogP contribution in [0.2, 0.25) is 0 Å². The first-order valence-electron chi connectivity index (χ1n) is 5.73. The third-order valence-electron chi connectivity index (χ3n) is 2.96. The Labute approximate surface area is 96.1 Å². The molecular weight excluding hydrogens is 201 g/mol. The topological polar surface area (TPSA) is 12.0 Å². The van der Waals surface area contributed by atoms with E-state index in [0.29, 0.717) is 12.0 Å². The maximum atomic E-state index is 12.8.